The molecule has 0 amide bonds. The fourth-order valence-corrected chi connectivity index (χ4v) is 4.34. The summed E-state index contributed by atoms with van der Waals surface area (Å²) >= 11 is 0. The molecule has 2 nitrogen and oxygen atoms in total. The largest absolute Gasteiger partial charge is 0.391 e. The summed E-state index contributed by atoms with van der Waals surface area (Å²) in [5.41, 5.74) is 12.9. The van der Waals surface area contributed by atoms with E-state index in [4.69, 9.17) is 5.73 Å². The van der Waals surface area contributed by atoms with Gasteiger partial charge in [-0.1, -0.05) is 61.7 Å². The lowest BCUT2D eigenvalue weighted by Gasteiger charge is -2.30. The molecule has 2 aliphatic carbocycles. The molecule has 0 radical (unpaired) electrons. The lowest BCUT2D eigenvalue weighted by Crippen LogP contribution is -2.34. The van der Waals surface area contributed by atoms with Gasteiger partial charge in [-0.2, -0.15) is 0 Å². The SMILES string of the molecule is Cl.N[C@@H](c1ccc2c(c1)Cc1ccccc1-2)[C@H](O)C1CCCCC1. The van der Waals surface area contributed by atoms with Crippen molar-refractivity contribution >= 4 is 12.4 Å². The summed E-state index contributed by atoms with van der Waals surface area (Å²) in [6.07, 6.45) is 6.55. The highest BCUT2D eigenvalue weighted by Crippen LogP contribution is 2.38. The maximum atomic E-state index is 10.7. The summed E-state index contributed by atoms with van der Waals surface area (Å²) in [7, 11) is 0. The van der Waals surface area contributed by atoms with E-state index in [2.05, 4.69) is 42.5 Å². The predicted octanol–water partition coefficient (Wildman–Crippen LogP) is 4.62. The van der Waals surface area contributed by atoms with Crippen LogP contribution in [0, 0.1) is 5.92 Å². The minimum atomic E-state index is -0.419. The third kappa shape index (κ3) is 3.11. The monoisotopic (exact) mass is 343 g/mol. The molecule has 1 saturated carbocycles. The lowest BCUT2D eigenvalue weighted by atomic mass is 9.81. The Morgan fingerprint density at radius 1 is 0.917 bits per heavy atom. The molecule has 0 unspecified atom stereocenters. The Balaban J connectivity index is 0.00000169. The van der Waals surface area contributed by atoms with Crippen molar-refractivity contribution in [1.82, 2.24) is 0 Å². The van der Waals surface area contributed by atoms with Gasteiger partial charge in [-0.05, 0) is 53.0 Å². The molecule has 4 rings (SSSR count). The van der Waals surface area contributed by atoms with Crippen molar-refractivity contribution in [2.24, 2.45) is 11.7 Å². The second-order valence-corrected chi connectivity index (χ2v) is 7.16. The summed E-state index contributed by atoms with van der Waals surface area (Å²) < 4.78 is 0. The molecule has 2 aliphatic rings. The molecular formula is C21H26ClNO. The highest BCUT2D eigenvalue weighted by Gasteiger charge is 2.28. The van der Waals surface area contributed by atoms with Crippen molar-refractivity contribution in [3.8, 4) is 11.1 Å². The molecule has 0 aromatic heterocycles. The molecule has 0 aliphatic heterocycles. The Labute approximate surface area is 150 Å². The third-order valence-electron chi connectivity index (χ3n) is 5.70. The normalized spacial score (nSPS) is 19.1. The van der Waals surface area contributed by atoms with E-state index in [0.29, 0.717) is 5.92 Å². The van der Waals surface area contributed by atoms with E-state index in [1.807, 2.05) is 0 Å². The van der Waals surface area contributed by atoms with Crippen LogP contribution in [-0.4, -0.2) is 11.2 Å². The number of hydrogen-bond acceptors (Lipinski definition) is 2. The van der Waals surface area contributed by atoms with E-state index in [1.165, 1.54) is 41.5 Å². The van der Waals surface area contributed by atoms with Crippen LogP contribution in [0.5, 0.6) is 0 Å². The van der Waals surface area contributed by atoms with E-state index in [0.717, 1.165) is 24.8 Å². The van der Waals surface area contributed by atoms with Gasteiger partial charge in [-0.25, -0.2) is 0 Å². The average Bonchev–Trinajstić information content (AvgIpc) is 2.99. The first-order chi connectivity index (χ1) is 11.2. The molecule has 0 bridgehead atoms. The predicted molar refractivity (Wildman–Crippen MR) is 101 cm³/mol. The van der Waals surface area contributed by atoms with E-state index in [9.17, 15) is 5.11 Å². The number of halogens is 1. The summed E-state index contributed by atoms with van der Waals surface area (Å²) in [4.78, 5) is 0. The first-order valence-corrected chi connectivity index (χ1v) is 8.89. The van der Waals surface area contributed by atoms with Crippen molar-refractivity contribution < 1.29 is 5.11 Å². The van der Waals surface area contributed by atoms with Gasteiger partial charge in [-0.3, -0.25) is 0 Å². The molecule has 24 heavy (non-hydrogen) atoms. The smallest absolute Gasteiger partial charge is 0.0760 e. The zero-order valence-electron chi connectivity index (χ0n) is 13.9. The van der Waals surface area contributed by atoms with Crippen LogP contribution in [0.1, 0.15) is 54.8 Å². The van der Waals surface area contributed by atoms with Crippen LogP contribution in [0.2, 0.25) is 0 Å². The van der Waals surface area contributed by atoms with E-state index in [1.54, 1.807) is 0 Å². The maximum absolute atomic E-state index is 10.7. The highest BCUT2D eigenvalue weighted by molar-refractivity contribution is 5.85. The summed E-state index contributed by atoms with van der Waals surface area (Å²) in [5, 5.41) is 10.7. The standard InChI is InChI=1S/C21H25NO.ClH/c22-20(21(23)14-6-2-1-3-7-14)16-10-11-19-17(13-16)12-15-8-4-5-9-18(15)19;/h4-5,8-11,13-14,20-21,23H,1-3,6-7,12,22H2;1H/t20-,21+;/m0./s1. The van der Waals surface area contributed by atoms with Crippen molar-refractivity contribution in [1.29, 1.82) is 0 Å². The van der Waals surface area contributed by atoms with Crippen LogP contribution < -0.4 is 5.73 Å². The molecule has 128 valence electrons. The van der Waals surface area contributed by atoms with Gasteiger partial charge >= 0.3 is 0 Å². The topological polar surface area (TPSA) is 46.2 Å². The molecule has 2 atom stereocenters. The minimum Gasteiger partial charge on any atom is -0.391 e. The lowest BCUT2D eigenvalue weighted by molar-refractivity contribution is 0.0618. The summed E-state index contributed by atoms with van der Waals surface area (Å²) in [6, 6.07) is 14.8. The van der Waals surface area contributed by atoms with Gasteiger partial charge in [0.25, 0.3) is 0 Å². The van der Waals surface area contributed by atoms with Crippen LogP contribution in [0.15, 0.2) is 42.5 Å². The molecule has 2 aromatic carbocycles. The Morgan fingerprint density at radius 3 is 2.42 bits per heavy atom. The number of fused-ring (bicyclic) bond motifs is 3. The fraction of sp³-hybridized carbons (Fsp3) is 0.429. The van der Waals surface area contributed by atoms with Crippen LogP contribution >= 0.6 is 12.4 Å². The Morgan fingerprint density at radius 2 is 1.62 bits per heavy atom. The van der Waals surface area contributed by atoms with E-state index >= 15 is 0 Å². The van der Waals surface area contributed by atoms with Crippen LogP contribution in [0.25, 0.3) is 11.1 Å². The minimum absolute atomic E-state index is 0. The zero-order chi connectivity index (χ0) is 15.8. The van der Waals surface area contributed by atoms with Gasteiger partial charge in [0.1, 0.15) is 0 Å². The molecular weight excluding hydrogens is 318 g/mol. The molecule has 0 saturated heterocycles. The third-order valence-corrected chi connectivity index (χ3v) is 5.70. The van der Waals surface area contributed by atoms with Crippen LogP contribution in [0.4, 0.5) is 0 Å². The molecule has 2 aromatic rings. The maximum Gasteiger partial charge on any atom is 0.0760 e. The van der Waals surface area contributed by atoms with Crippen molar-refractivity contribution in [3.05, 3.63) is 59.2 Å². The van der Waals surface area contributed by atoms with Gasteiger partial charge in [0.05, 0.1) is 12.1 Å². The fourth-order valence-electron chi connectivity index (χ4n) is 4.34. The second kappa shape index (κ2) is 7.26. The molecule has 1 fully saturated rings. The summed E-state index contributed by atoms with van der Waals surface area (Å²) in [6.45, 7) is 0. The molecule has 0 heterocycles. The van der Waals surface area contributed by atoms with Crippen molar-refractivity contribution in [2.75, 3.05) is 0 Å². The van der Waals surface area contributed by atoms with Crippen molar-refractivity contribution in [2.45, 2.75) is 50.7 Å². The highest BCUT2D eigenvalue weighted by atomic mass is 35.5. The zero-order valence-corrected chi connectivity index (χ0v) is 14.8. The van der Waals surface area contributed by atoms with E-state index in [-0.39, 0.29) is 18.4 Å². The second-order valence-electron chi connectivity index (χ2n) is 7.16. The number of hydrogen-bond donors (Lipinski definition) is 2. The van der Waals surface area contributed by atoms with Gasteiger partial charge in [0.15, 0.2) is 0 Å². The number of nitrogens with two attached hydrogens (primary N) is 1. The molecule has 0 spiro atoms. The van der Waals surface area contributed by atoms with Crippen LogP contribution in [-0.2, 0) is 6.42 Å². The van der Waals surface area contributed by atoms with Gasteiger partial charge < -0.3 is 10.8 Å². The Kier molecular flexibility index (Phi) is 5.29. The number of benzene rings is 2. The first-order valence-electron chi connectivity index (χ1n) is 8.89. The van der Waals surface area contributed by atoms with E-state index < -0.39 is 6.10 Å². The first kappa shape index (κ1) is 17.5. The quantitative estimate of drug-likeness (QED) is 0.728. The summed E-state index contributed by atoms with van der Waals surface area (Å²) in [5.74, 6) is 0.365. The number of aliphatic hydroxyl groups is 1. The average molecular weight is 344 g/mol. The van der Waals surface area contributed by atoms with Gasteiger partial charge in [0, 0.05) is 0 Å². The molecule has 3 N–H and O–H groups in total. The van der Waals surface area contributed by atoms with Crippen LogP contribution in [0.3, 0.4) is 0 Å². The number of aliphatic hydroxyl groups excluding tert-OH is 1. The van der Waals surface area contributed by atoms with Crippen molar-refractivity contribution in [3.63, 3.8) is 0 Å². The van der Waals surface area contributed by atoms with Gasteiger partial charge in [-0.15, -0.1) is 12.4 Å². The van der Waals surface area contributed by atoms with Gasteiger partial charge in [0.2, 0.25) is 0 Å². The molecule has 3 heteroatoms. The Hall–Kier alpha value is -1.35. The number of rotatable bonds is 3. The Bertz CT molecular complexity index is 709.